The summed E-state index contributed by atoms with van der Waals surface area (Å²) in [6, 6.07) is 16.7. The quantitative estimate of drug-likeness (QED) is 0.663. The van der Waals surface area contributed by atoms with Gasteiger partial charge < -0.3 is 5.32 Å². The molecule has 0 bridgehead atoms. The Kier molecular flexibility index (Phi) is 5.43. The standard InChI is InChI=1S/C25H27N3O/c1-16(2)13-23(29)28-25-22(15-18-7-5-4-6-8-18)26-24-20-11-9-17(3)14-19(20)10-12-21(24)27-25/h4-9,11,14,16H,10,12-13,15H2,1-3H3,(H,27,28,29). The predicted molar refractivity (Wildman–Crippen MR) is 117 cm³/mol. The highest BCUT2D eigenvalue weighted by Crippen LogP contribution is 2.33. The molecular weight excluding hydrogens is 358 g/mol. The minimum Gasteiger partial charge on any atom is -0.309 e. The Hall–Kier alpha value is -3.01. The fourth-order valence-electron chi connectivity index (χ4n) is 3.87. The molecule has 1 aliphatic carbocycles. The van der Waals surface area contributed by atoms with Gasteiger partial charge in [-0.15, -0.1) is 0 Å². The molecule has 148 valence electrons. The summed E-state index contributed by atoms with van der Waals surface area (Å²) in [4.78, 5) is 22.4. The molecule has 1 amide bonds. The van der Waals surface area contributed by atoms with Gasteiger partial charge in [0.1, 0.15) is 0 Å². The molecule has 1 aliphatic rings. The zero-order chi connectivity index (χ0) is 20.4. The molecule has 4 rings (SSSR count). The Balaban J connectivity index is 1.76. The first-order chi connectivity index (χ1) is 14.0. The summed E-state index contributed by atoms with van der Waals surface area (Å²) in [6.07, 6.45) is 2.92. The molecule has 0 saturated heterocycles. The van der Waals surface area contributed by atoms with Crippen LogP contribution < -0.4 is 5.32 Å². The molecule has 4 nitrogen and oxygen atoms in total. The molecular formula is C25H27N3O. The number of hydrogen-bond donors (Lipinski definition) is 1. The number of carbonyl (C=O) groups excluding carboxylic acids is 1. The number of aryl methyl sites for hydroxylation is 3. The number of nitrogens with zero attached hydrogens (tertiary/aromatic N) is 2. The van der Waals surface area contributed by atoms with Gasteiger partial charge in [0.25, 0.3) is 0 Å². The lowest BCUT2D eigenvalue weighted by molar-refractivity contribution is -0.116. The summed E-state index contributed by atoms with van der Waals surface area (Å²) >= 11 is 0. The highest BCUT2D eigenvalue weighted by molar-refractivity contribution is 5.90. The molecule has 0 spiro atoms. The van der Waals surface area contributed by atoms with Crippen LogP contribution in [0.15, 0.2) is 48.5 Å². The third-order valence-electron chi connectivity index (χ3n) is 5.25. The van der Waals surface area contributed by atoms with E-state index in [-0.39, 0.29) is 5.91 Å². The van der Waals surface area contributed by atoms with Gasteiger partial charge in [0, 0.05) is 18.4 Å². The van der Waals surface area contributed by atoms with E-state index in [1.54, 1.807) is 0 Å². The molecule has 0 radical (unpaired) electrons. The number of rotatable bonds is 5. The van der Waals surface area contributed by atoms with Crippen molar-refractivity contribution in [1.29, 1.82) is 0 Å². The number of hydrogen-bond acceptors (Lipinski definition) is 3. The van der Waals surface area contributed by atoms with Gasteiger partial charge >= 0.3 is 0 Å². The fraction of sp³-hybridized carbons (Fsp3) is 0.320. The fourth-order valence-corrected chi connectivity index (χ4v) is 3.87. The second kappa shape index (κ2) is 8.16. The van der Waals surface area contributed by atoms with Crippen LogP contribution in [-0.4, -0.2) is 15.9 Å². The lowest BCUT2D eigenvalue weighted by Crippen LogP contribution is -2.19. The third-order valence-corrected chi connectivity index (χ3v) is 5.25. The van der Waals surface area contributed by atoms with E-state index >= 15 is 0 Å². The van der Waals surface area contributed by atoms with Crippen LogP contribution in [0.3, 0.4) is 0 Å². The van der Waals surface area contributed by atoms with Crippen molar-refractivity contribution in [3.8, 4) is 11.3 Å². The highest BCUT2D eigenvalue weighted by Gasteiger charge is 2.22. The highest BCUT2D eigenvalue weighted by atomic mass is 16.1. The monoisotopic (exact) mass is 385 g/mol. The van der Waals surface area contributed by atoms with Crippen molar-refractivity contribution in [1.82, 2.24) is 9.97 Å². The van der Waals surface area contributed by atoms with E-state index in [0.717, 1.165) is 35.5 Å². The van der Waals surface area contributed by atoms with Gasteiger partial charge in [-0.1, -0.05) is 67.9 Å². The topological polar surface area (TPSA) is 54.9 Å². The number of fused-ring (bicyclic) bond motifs is 3. The molecule has 29 heavy (non-hydrogen) atoms. The van der Waals surface area contributed by atoms with Gasteiger partial charge in [0.05, 0.1) is 17.1 Å². The van der Waals surface area contributed by atoms with Crippen molar-refractivity contribution in [3.63, 3.8) is 0 Å². The molecule has 1 heterocycles. The molecule has 0 aliphatic heterocycles. The molecule has 2 aromatic carbocycles. The molecule has 1 N–H and O–H groups in total. The Morgan fingerprint density at radius 1 is 1.07 bits per heavy atom. The van der Waals surface area contributed by atoms with Gasteiger partial charge in [-0.3, -0.25) is 4.79 Å². The van der Waals surface area contributed by atoms with Crippen molar-refractivity contribution in [2.45, 2.75) is 46.5 Å². The van der Waals surface area contributed by atoms with Gasteiger partial charge in [0.2, 0.25) is 5.91 Å². The van der Waals surface area contributed by atoms with Crippen LogP contribution in [0.5, 0.6) is 0 Å². The predicted octanol–water partition coefficient (Wildman–Crippen LogP) is 5.13. The molecule has 0 saturated carbocycles. The number of aromatic nitrogens is 2. The van der Waals surface area contributed by atoms with E-state index in [0.29, 0.717) is 24.6 Å². The van der Waals surface area contributed by atoms with E-state index in [2.05, 4.69) is 42.6 Å². The van der Waals surface area contributed by atoms with E-state index in [4.69, 9.17) is 9.97 Å². The minimum atomic E-state index is -0.00426. The Bertz CT molecular complexity index is 1040. The first-order valence-corrected chi connectivity index (χ1v) is 10.3. The van der Waals surface area contributed by atoms with Crippen molar-refractivity contribution in [2.24, 2.45) is 5.92 Å². The van der Waals surface area contributed by atoms with Crippen molar-refractivity contribution in [2.75, 3.05) is 5.32 Å². The lowest BCUT2D eigenvalue weighted by atomic mass is 9.90. The average Bonchev–Trinajstić information content (AvgIpc) is 2.68. The van der Waals surface area contributed by atoms with Gasteiger partial charge in [-0.2, -0.15) is 0 Å². The maximum absolute atomic E-state index is 12.5. The van der Waals surface area contributed by atoms with Crippen LogP contribution in [0.2, 0.25) is 0 Å². The minimum absolute atomic E-state index is 0.00426. The van der Waals surface area contributed by atoms with Crippen LogP contribution in [0, 0.1) is 12.8 Å². The van der Waals surface area contributed by atoms with Crippen molar-refractivity contribution in [3.05, 3.63) is 76.6 Å². The maximum atomic E-state index is 12.5. The van der Waals surface area contributed by atoms with E-state index in [1.165, 1.54) is 16.7 Å². The first kappa shape index (κ1) is 19.3. The number of anilines is 1. The number of amides is 1. The summed E-state index contributed by atoms with van der Waals surface area (Å²) in [5.41, 5.74) is 7.66. The van der Waals surface area contributed by atoms with Gasteiger partial charge in [-0.05, 0) is 36.8 Å². The third kappa shape index (κ3) is 4.37. The molecule has 4 heteroatoms. The van der Waals surface area contributed by atoms with Gasteiger partial charge in [0.15, 0.2) is 5.82 Å². The number of benzene rings is 2. The van der Waals surface area contributed by atoms with Gasteiger partial charge in [-0.25, -0.2) is 9.97 Å². The number of carbonyl (C=O) groups is 1. The zero-order valence-corrected chi connectivity index (χ0v) is 17.3. The molecule has 0 unspecified atom stereocenters. The summed E-state index contributed by atoms with van der Waals surface area (Å²) in [5, 5.41) is 3.03. The van der Waals surface area contributed by atoms with Crippen molar-refractivity contribution >= 4 is 11.7 Å². The average molecular weight is 386 g/mol. The summed E-state index contributed by atoms with van der Waals surface area (Å²) in [5.74, 6) is 0.900. The Morgan fingerprint density at radius 3 is 2.62 bits per heavy atom. The summed E-state index contributed by atoms with van der Waals surface area (Å²) < 4.78 is 0. The SMILES string of the molecule is Cc1ccc2c(c1)CCc1nc(NC(=O)CC(C)C)c(Cc3ccccc3)nc1-2. The number of nitrogens with one attached hydrogen (secondary N) is 1. The largest absolute Gasteiger partial charge is 0.309 e. The van der Waals surface area contributed by atoms with Crippen LogP contribution >= 0.6 is 0 Å². The van der Waals surface area contributed by atoms with E-state index in [1.807, 2.05) is 32.0 Å². The summed E-state index contributed by atoms with van der Waals surface area (Å²) in [6.45, 7) is 6.21. The second-order valence-corrected chi connectivity index (χ2v) is 8.28. The smallest absolute Gasteiger partial charge is 0.225 e. The first-order valence-electron chi connectivity index (χ1n) is 10.3. The Morgan fingerprint density at radius 2 is 1.86 bits per heavy atom. The van der Waals surface area contributed by atoms with E-state index < -0.39 is 0 Å². The van der Waals surface area contributed by atoms with Crippen molar-refractivity contribution < 1.29 is 4.79 Å². The molecule has 1 aromatic heterocycles. The molecule has 0 fully saturated rings. The van der Waals surface area contributed by atoms with Crippen LogP contribution in [0.25, 0.3) is 11.3 Å². The van der Waals surface area contributed by atoms with Crippen LogP contribution in [-0.2, 0) is 24.1 Å². The zero-order valence-electron chi connectivity index (χ0n) is 17.3. The molecule has 3 aromatic rings. The van der Waals surface area contributed by atoms with E-state index in [9.17, 15) is 4.79 Å². The van der Waals surface area contributed by atoms with Crippen LogP contribution in [0.1, 0.15) is 48.3 Å². The summed E-state index contributed by atoms with van der Waals surface area (Å²) in [7, 11) is 0. The second-order valence-electron chi connectivity index (χ2n) is 8.28. The maximum Gasteiger partial charge on any atom is 0.225 e. The lowest BCUT2D eigenvalue weighted by Gasteiger charge is -2.21. The Labute approximate surface area is 172 Å². The van der Waals surface area contributed by atoms with Crippen LogP contribution in [0.4, 0.5) is 5.82 Å². The molecule has 0 atom stereocenters. The normalized spacial score (nSPS) is 12.4.